The SMILES string of the molecule is C[C@@H](OC(=O)[C@@H]1[C@H](C#CC(=O)O)C1(C)C)c1cccc(Oc2ccccc2)c1. The Morgan fingerprint density at radius 1 is 1.07 bits per heavy atom. The molecule has 0 spiro atoms. The predicted molar refractivity (Wildman–Crippen MR) is 104 cm³/mol. The number of ether oxygens (including phenoxy) is 2. The molecule has 1 aliphatic carbocycles. The lowest BCUT2D eigenvalue weighted by atomic mass is 10.1. The van der Waals surface area contributed by atoms with Crippen molar-refractivity contribution in [2.24, 2.45) is 17.3 Å². The number of rotatable bonds is 5. The van der Waals surface area contributed by atoms with Crippen LogP contribution in [-0.4, -0.2) is 17.0 Å². The van der Waals surface area contributed by atoms with E-state index in [4.69, 9.17) is 14.6 Å². The summed E-state index contributed by atoms with van der Waals surface area (Å²) >= 11 is 0. The Morgan fingerprint density at radius 3 is 2.43 bits per heavy atom. The number of hydrogen-bond donors (Lipinski definition) is 1. The Bertz CT molecular complexity index is 936. The second kappa shape index (κ2) is 7.77. The number of esters is 1. The maximum absolute atomic E-state index is 12.6. The molecule has 2 aromatic rings. The van der Waals surface area contributed by atoms with Gasteiger partial charge < -0.3 is 14.6 Å². The topological polar surface area (TPSA) is 72.8 Å². The van der Waals surface area contributed by atoms with Crippen LogP contribution in [0.3, 0.4) is 0 Å². The first-order valence-electron chi connectivity index (χ1n) is 9.07. The molecule has 0 saturated heterocycles. The predicted octanol–water partition coefficient (Wildman–Crippen LogP) is 4.44. The van der Waals surface area contributed by atoms with Crippen LogP contribution in [-0.2, 0) is 14.3 Å². The van der Waals surface area contributed by atoms with E-state index < -0.39 is 23.4 Å². The minimum atomic E-state index is -1.20. The summed E-state index contributed by atoms with van der Waals surface area (Å²) in [6.45, 7) is 5.57. The normalized spacial score (nSPS) is 20.2. The van der Waals surface area contributed by atoms with Crippen molar-refractivity contribution in [3.63, 3.8) is 0 Å². The fourth-order valence-electron chi connectivity index (χ4n) is 3.26. The Kier molecular flexibility index (Phi) is 5.41. The van der Waals surface area contributed by atoms with Crippen LogP contribution >= 0.6 is 0 Å². The highest BCUT2D eigenvalue weighted by Gasteiger charge is 2.62. The molecule has 28 heavy (non-hydrogen) atoms. The zero-order valence-corrected chi connectivity index (χ0v) is 16.0. The van der Waals surface area contributed by atoms with Crippen LogP contribution in [0.1, 0.15) is 32.4 Å². The molecule has 0 heterocycles. The van der Waals surface area contributed by atoms with E-state index in [9.17, 15) is 9.59 Å². The number of carbonyl (C=O) groups is 2. The fourth-order valence-corrected chi connectivity index (χ4v) is 3.26. The van der Waals surface area contributed by atoms with Crippen LogP contribution in [0.4, 0.5) is 0 Å². The summed E-state index contributed by atoms with van der Waals surface area (Å²) in [6.07, 6.45) is -0.462. The molecule has 1 fully saturated rings. The number of carboxylic acid groups (broad SMARTS) is 1. The van der Waals surface area contributed by atoms with Gasteiger partial charge in [0, 0.05) is 11.8 Å². The number of benzene rings is 2. The Morgan fingerprint density at radius 2 is 1.75 bits per heavy atom. The molecule has 144 valence electrons. The number of para-hydroxylation sites is 1. The van der Waals surface area contributed by atoms with Crippen LogP contribution in [0.2, 0.25) is 0 Å². The van der Waals surface area contributed by atoms with Crippen LogP contribution in [0, 0.1) is 29.1 Å². The molecule has 1 saturated carbocycles. The molecule has 1 aliphatic rings. The molecule has 0 bridgehead atoms. The van der Waals surface area contributed by atoms with Gasteiger partial charge in [0.2, 0.25) is 0 Å². The molecule has 5 heteroatoms. The number of aliphatic carboxylic acids is 1. The van der Waals surface area contributed by atoms with E-state index in [2.05, 4.69) is 11.8 Å². The monoisotopic (exact) mass is 378 g/mol. The number of hydrogen-bond acceptors (Lipinski definition) is 4. The van der Waals surface area contributed by atoms with E-state index in [1.165, 1.54) is 0 Å². The molecule has 0 aromatic heterocycles. The van der Waals surface area contributed by atoms with Gasteiger partial charge in [-0.15, -0.1) is 0 Å². The van der Waals surface area contributed by atoms with E-state index in [0.29, 0.717) is 5.75 Å². The van der Waals surface area contributed by atoms with Crippen molar-refractivity contribution in [2.45, 2.75) is 26.9 Å². The smallest absolute Gasteiger partial charge is 0.381 e. The van der Waals surface area contributed by atoms with Gasteiger partial charge in [0.25, 0.3) is 0 Å². The summed E-state index contributed by atoms with van der Waals surface area (Å²) in [5, 5.41) is 8.71. The quantitative estimate of drug-likeness (QED) is 0.615. The molecule has 2 aromatic carbocycles. The van der Waals surface area contributed by atoms with E-state index in [1.54, 1.807) is 6.92 Å². The minimum absolute atomic E-state index is 0.309. The summed E-state index contributed by atoms with van der Waals surface area (Å²) < 4.78 is 11.5. The van der Waals surface area contributed by atoms with E-state index in [0.717, 1.165) is 11.3 Å². The number of carboxylic acids is 1. The highest BCUT2D eigenvalue weighted by molar-refractivity contribution is 5.87. The third-order valence-corrected chi connectivity index (χ3v) is 5.02. The fraction of sp³-hybridized carbons (Fsp3) is 0.304. The van der Waals surface area contributed by atoms with Crippen molar-refractivity contribution in [1.82, 2.24) is 0 Å². The van der Waals surface area contributed by atoms with Gasteiger partial charge in [-0.25, -0.2) is 4.79 Å². The Balaban J connectivity index is 1.66. The summed E-state index contributed by atoms with van der Waals surface area (Å²) in [5.41, 5.74) is 0.422. The van der Waals surface area contributed by atoms with Gasteiger partial charge in [0.05, 0.1) is 5.92 Å². The van der Waals surface area contributed by atoms with Crippen molar-refractivity contribution < 1.29 is 24.2 Å². The van der Waals surface area contributed by atoms with Crippen molar-refractivity contribution in [2.75, 3.05) is 0 Å². The molecule has 0 aliphatic heterocycles. The second-order valence-corrected chi connectivity index (χ2v) is 7.42. The lowest BCUT2D eigenvalue weighted by Crippen LogP contribution is -2.13. The largest absolute Gasteiger partial charge is 0.472 e. The van der Waals surface area contributed by atoms with E-state index in [-0.39, 0.29) is 11.9 Å². The standard InChI is InChI=1S/C23H22O5/c1-15(27-22(26)21-19(23(21,2)3)12-13-20(24)25)16-8-7-11-18(14-16)28-17-9-5-4-6-10-17/h4-11,14-15,19,21H,1-3H3,(H,24,25)/t15-,19+,21+/m1/s1. The maximum Gasteiger partial charge on any atom is 0.381 e. The third kappa shape index (κ3) is 4.34. The molecule has 1 N–H and O–H groups in total. The summed E-state index contributed by atoms with van der Waals surface area (Å²) in [6, 6.07) is 16.8. The van der Waals surface area contributed by atoms with Crippen molar-refractivity contribution in [1.29, 1.82) is 0 Å². The van der Waals surface area contributed by atoms with Crippen LogP contribution in [0.15, 0.2) is 54.6 Å². The van der Waals surface area contributed by atoms with Gasteiger partial charge in [-0.2, -0.15) is 0 Å². The zero-order valence-electron chi connectivity index (χ0n) is 16.0. The Hall–Kier alpha value is -3.26. The first kappa shape index (κ1) is 19.5. The van der Waals surface area contributed by atoms with E-state index in [1.807, 2.05) is 68.4 Å². The van der Waals surface area contributed by atoms with Crippen molar-refractivity contribution >= 4 is 11.9 Å². The maximum atomic E-state index is 12.6. The molecule has 0 amide bonds. The molecular weight excluding hydrogens is 356 g/mol. The zero-order chi connectivity index (χ0) is 20.3. The van der Waals surface area contributed by atoms with E-state index >= 15 is 0 Å². The lowest BCUT2D eigenvalue weighted by Gasteiger charge is -2.15. The molecule has 3 rings (SSSR count). The minimum Gasteiger partial charge on any atom is -0.472 e. The van der Waals surface area contributed by atoms with Gasteiger partial charge in [-0.3, -0.25) is 4.79 Å². The molecule has 5 nitrogen and oxygen atoms in total. The van der Waals surface area contributed by atoms with Crippen LogP contribution < -0.4 is 4.74 Å². The van der Waals surface area contributed by atoms with Gasteiger partial charge in [-0.05, 0) is 42.2 Å². The van der Waals surface area contributed by atoms with Crippen LogP contribution in [0.5, 0.6) is 11.5 Å². The van der Waals surface area contributed by atoms with Gasteiger partial charge in [0.1, 0.15) is 17.6 Å². The third-order valence-electron chi connectivity index (χ3n) is 5.02. The summed E-state index contributed by atoms with van der Waals surface area (Å²) in [4.78, 5) is 23.2. The second-order valence-electron chi connectivity index (χ2n) is 7.42. The molecular formula is C23H22O5. The number of carbonyl (C=O) groups excluding carboxylic acids is 1. The lowest BCUT2D eigenvalue weighted by molar-refractivity contribution is -0.151. The average molecular weight is 378 g/mol. The van der Waals surface area contributed by atoms with Gasteiger partial charge >= 0.3 is 11.9 Å². The summed E-state index contributed by atoms with van der Waals surface area (Å²) in [7, 11) is 0. The molecule has 0 unspecified atom stereocenters. The highest BCUT2D eigenvalue weighted by Crippen LogP contribution is 2.58. The highest BCUT2D eigenvalue weighted by atomic mass is 16.5. The molecule has 0 radical (unpaired) electrons. The van der Waals surface area contributed by atoms with Crippen LogP contribution in [0.25, 0.3) is 0 Å². The first-order chi connectivity index (χ1) is 13.3. The Labute approximate surface area is 164 Å². The van der Waals surface area contributed by atoms with Gasteiger partial charge in [0.15, 0.2) is 0 Å². The van der Waals surface area contributed by atoms with Crippen molar-refractivity contribution in [3.05, 3.63) is 60.2 Å². The summed E-state index contributed by atoms with van der Waals surface area (Å²) in [5.74, 6) is 3.85. The van der Waals surface area contributed by atoms with Crippen molar-refractivity contribution in [3.8, 4) is 23.3 Å². The first-order valence-corrected chi connectivity index (χ1v) is 9.07. The molecule has 3 atom stereocenters. The average Bonchev–Trinajstić information content (AvgIpc) is 3.21. The van der Waals surface area contributed by atoms with Gasteiger partial charge in [-0.1, -0.05) is 50.1 Å².